The zero-order valence-corrected chi connectivity index (χ0v) is 22.7. The molecule has 1 aromatic carbocycles. The number of H-pyrrole nitrogens is 1. The number of Topliss-reactive ketones (excluding diaryl/α,β-unsaturated/α-hetero) is 1. The number of carbonyl (C=O) groups is 3. The molecule has 3 aliphatic rings. The van der Waals surface area contributed by atoms with E-state index < -0.39 is 39.5 Å². The molecule has 5 rings (SSSR count). The average molecular weight is 562 g/mol. The highest BCUT2D eigenvalue weighted by Crippen LogP contribution is 2.43. The van der Waals surface area contributed by atoms with Crippen LogP contribution in [0.5, 0.6) is 5.75 Å². The summed E-state index contributed by atoms with van der Waals surface area (Å²) in [5.41, 5.74) is -1.27. The maximum atomic E-state index is 13.8. The largest absolute Gasteiger partial charge is 0.496 e. The molecule has 1 aliphatic heterocycles. The molecule has 0 spiro atoms. The van der Waals surface area contributed by atoms with E-state index in [1.54, 1.807) is 25.3 Å². The van der Waals surface area contributed by atoms with Crippen molar-refractivity contribution in [3.63, 3.8) is 0 Å². The molecule has 6 atom stereocenters. The van der Waals surface area contributed by atoms with Crippen molar-refractivity contribution in [1.29, 1.82) is 0 Å². The first kappa shape index (κ1) is 27.6. The van der Waals surface area contributed by atoms with Crippen LogP contribution in [-0.2, 0) is 19.7 Å². The number of methoxy groups -OCH3 is 1. The van der Waals surface area contributed by atoms with Crippen LogP contribution in [0, 0.1) is 17.8 Å². The Kier molecular flexibility index (Phi) is 7.71. The second kappa shape index (κ2) is 10.9. The van der Waals surface area contributed by atoms with Gasteiger partial charge in [-0.3, -0.25) is 18.9 Å². The summed E-state index contributed by atoms with van der Waals surface area (Å²) in [7, 11) is -3.37. The number of aromatic amines is 1. The lowest BCUT2D eigenvalue weighted by Crippen LogP contribution is -2.55. The number of aliphatic hydroxyl groups is 1. The second-order valence-electron chi connectivity index (χ2n) is 11.0. The van der Waals surface area contributed by atoms with Crippen LogP contribution < -0.4 is 10.1 Å². The number of hydrogen-bond donors (Lipinski definition) is 4. The van der Waals surface area contributed by atoms with Crippen LogP contribution in [-0.4, -0.2) is 76.7 Å². The number of benzene rings is 1. The molecule has 12 heteroatoms. The van der Waals surface area contributed by atoms with Gasteiger partial charge in [0.15, 0.2) is 0 Å². The summed E-state index contributed by atoms with van der Waals surface area (Å²) in [6, 6.07) is 4.84. The number of nitrogens with zero attached hydrogens (tertiary/aromatic N) is 1. The Labute approximate surface area is 227 Å². The van der Waals surface area contributed by atoms with Crippen molar-refractivity contribution in [2.45, 2.75) is 68.9 Å². The first-order valence-electron chi connectivity index (χ1n) is 13.5. The molecule has 0 bridgehead atoms. The van der Waals surface area contributed by atoms with Crippen molar-refractivity contribution in [3.05, 3.63) is 30.0 Å². The van der Waals surface area contributed by atoms with Crippen molar-refractivity contribution < 1.29 is 37.2 Å². The van der Waals surface area contributed by atoms with Gasteiger partial charge in [0.2, 0.25) is 11.3 Å². The molecule has 1 unspecified atom stereocenters. The van der Waals surface area contributed by atoms with Gasteiger partial charge in [-0.05, 0) is 62.1 Å². The smallest absolute Gasteiger partial charge is 0.294 e. The first-order valence-corrected chi connectivity index (χ1v) is 15.0. The number of ether oxygens (including phenoxy) is 1. The Morgan fingerprint density at radius 3 is 2.72 bits per heavy atom. The number of aromatic nitrogens is 1. The normalized spacial score (nSPS) is 26.8. The highest BCUT2D eigenvalue weighted by Gasteiger charge is 2.50. The highest BCUT2D eigenvalue weighted by molar-refractivity contribution is 7.86. The molecule has 1 saturated heterocycles. The van der Waals surface area contributed by atoms with Crippen molar-refractivity contribution in [2.24, 2.45) is 17.8 Å². The van der Waals surface area contributed by atoms with Crippen LogP contribution in [0.25, 0.3) is 10.9 Å². The third-order valence-electron chi connectivity index (χ3n) is 8.69. The third kappa shape index (κ3) is 5.42. The zero-order valence-electron chi connectivity index (χ0n) is 21.8. The fourth-order valence-corrected chi connectivity index (χ4v) is 7.35. The summed E-state index contributed by atoms with van der Waals surface area (Å²) < 4.78 is 38.7. The number of aliphatic hydroxyl groups excluding tert-OH is 1. The van der Waals surface area contributed by atoms with Gasteiger partial charge >= 0.3 is 0 Å². The van der Waals surface area contributed by atoms with Crippen LogP contribution >= 0.6 is 0 Å². The van der Waals surface area contributed by atoms with Crippen LogP contribution in [0.1, 0.15) is 61.9 Å². The lowest BCUT2D eigenvalue weighted by atomic mass is 9.83. The Bertz CT molecular complexity index is 1370. The zero-order chi connectivity index (χ0) is 27.9. The van der Waals surface area contributed by atoms with E-state index in [2.05, 4.69) is 10.3 Å². The lowest BCUT2D eigenvalue weighted by Gasteiger charge is -2.32. The molecule has 0 radical (unpaired) electrons. The molecular weight excluding hydrogens is 526 g/mol. The number of rotatable bonds is 8. The average Bonchev–Trinajstić information content (AvgIpc) is 3.62. The molecule has 2 amide bonds. The number of carbonyl (C=O) groups excluding carboxylic acids is 3. The summed E-state index contributed by atoms with van der Waals surface area (Å²) in [4.78, 5) is 44.6. The quantitative estimate of drug-likeness (QED) is 0.356. The van der Waals surface area contributed by atoms with E-state index in [1.807, 2.05) is 6.07 Å². The molecule has 2 aromatic rings. The minimum atomic E-state index is -4.92. The molecule has 2 heterocycles. The molecule has 3 fully saturated rings. The summed E-state index contributed by atoms with van der Waals surface area (Å²) in [5.74, 6) is -0.927. The predicted octanol–water partition coefficient (Wildman–Crippen LogP) is 2.26. The third-order valence-corrected chi connectivity index (χ3v) is 9.63. The van der Waals surface area contributed by atoms with Gasteiger partial charge in [0.1, 0.15) is 23.3 Å². The van der Waals surface area contributed by atoms with Gasteiger partial charge in [-0.15, -0.1) is 0 Å². The van der Waals surface area contributed by atoms with Gasteiger partial charge in [0.25, 0.3) is 16.0 Å². The van der Waals surface area contributed by atoms with Crippen LogP contribution in [0.15, 0.2) is 24.3 Å². The second-order valence-corrected chi connectivity index (χ2v) is 12.5. The standard InChI is InChI=1S/C27H35N3O8S/c1-38-23-11-5-9-19-18(23)13-20(28-19)26(33)30-14-16-7-4-8-17(16)24(30)25(32)29-21(27(34)39(35,36)37)12-15-6-2-3-10-22(15)31/h5,9,11,13,15-17,21,24,27-28,34H,2-4,6-8,10,12,14H2,1H3,(H,29,32)(H,35,36,37)/t15-,16-,17-,21-,24-,27?/m0/s1. The van der Waals surface area contributed by atoms with E-state index in [4.69, 9.17) is 4.74 Å². The van der Waals surface area contributed by atoms with Gasteiger partial charge in [0.05, 0.1) is 13.2 Å². The Hall–Kier alpha value is -2.96. The Morgan fingerprint density at radius 2 is 2.00 bits per heavy atom. The summed E-state index contributed by atoms with van der Waals surface area (Å²) in [6.07, 6.45) is 4.81. The Morgan fingerprint density at radius 1 is 1.21 bits per heavy atom. The van der Waals surface area contributed by atoms with Gasteiger partial charge in [-0.25, -0.2) is 0 Å². The summed E-state index contributed by atoms with van der Waals surface area (Å²) in [6.45, 7) is 0.376. The molecular formula is C27H35N3O8S. The summed E-state index contributed by atoms with van der Waals surface area (Å²) >= 11 is 0. The van der Waals surface area contributed by atoms with Gasteiger partial charge in [0, 0.05) is 29.8 Å². The Balaban J connectivity index is 1.42. The molecule has 39 heavy (non-hydrogen) atoms. The van der Waals surface area contributed by atoms with E-state index in [1.165, 1.54) is 4.90 Å². The highest BCUT2D eigenvalue weighted by atomic mass is 32.2. The van der Waals surface area contributed by atoms with E-state index in [-0.39, 0.29) is 29.9 Å². The van der Waals surface area contributed by atoms with Crippen molar-refractivity contribution in [2.75, 3.05) is 13.7 Å². The van der Waals surface area contributed by atoms with Crippen LogP contribution in [0.2, 0.25) is 0 Å². The molecule has 4 N–H and O–H groups in total. The number of hydrogen-bond acceptors (Lipinski definition) is 7. The maximum absolute atomic E-state index is 13.8. The van der Waals surface area contributed by atoms with Gasteiger partial charge < -0.3 is 25.0 Å². The molecule has 11 nitrogen and oxygen atoms in total. The topological polar surface area (TPSA) is 166 Å². The number of likely N-dealkylation sites (tertiary alicyclic amines) is 1. The van der Waals surface area contributed by atoms with Crippen molar-refractivity contribution in [1.82, 2.24) is 15.2 Å². The van der Waals surface area contributed by atoms with E-state index >= 15 is 0 Å². The van der Waals surface area contributed by atoms with Gasteiger partial charge in [-0.1, -0.05) is 18.9 Å². The van der Waals surface area contributed by atoms with Crippen molar-refractivity contribution in [3.8, 4) is 5.75 Å². The monoisotopic (exact) mass is 561 g/mol. The number of nitrogens with one attached hydrogen (secondary N) is 2. The van der Waals surface area contributed by atoms with Crippen LogP contribution in [0.3, 0.4) is 0 Å². The van der Waals surface area contributed by atoms with E-state index in [0.29, 0.717) is 36.3 Å². The number of ketones is 1. The van der Waals surface area contributed by atoms with Gasteiger partial charge in [-0.2, -0.15) is 8.42 Å². The van der Waals surface area contributed by atoms with Crippen LogP contribution in [0.4, 0.5) is 0 Å². The fourth-order valence-electron chi connectivity index (χ4n) is 6.76. The molecule has 2 aliphatic carbocycles. The minimum Gasteiger partial charge on any atom is -0.496 e. The molecule has 1 aromatic heterocycles. The summed E-state index contributed by atoms with van der Waals surface area (Å²) in [5, 5.41) is 13.8. The van der Waals surface area contributed by atoms with E-state index in [9.17, 15) is 32.5 Å². The maximum Gasteiger partial charge on any atom is 0.294 e. The number of amides is 2. The predicted molar refractivity (Wildman–Crippen MR) is 142 cm³/mol. The lowest BCUT2D eigenvalue weighted by molar-refractivity contribution is -0.129. The first-order chi connectivity index (χ1) is 18.6. The SMILES string of the molecule is COc1cccc2[nH]c(C(=O)N3C[C@@H]4CCC[C@@H]4[C@H]3C(=O)N[C@@H](C[C@@H]3CCCCC3=O)C(O)S(=O)(=O)O)cc12. The van der Waals surface area contributed by atoms with Crippen molar-refractivity contribution >= 4 is 38.6 Å². The fraction of sp³-hybridized carbons (Fsp3) is 0.593. The minimum absolute atomic E-state index is 0.0502. The van der Waals surface area contributed by atoms with E-state index in [0.717, 1.165) is 37.5 Å². The number of fused-ring (bicyclic) bond motifs is 2. The molecule has 212 valence electrons. The molecule has 2 saturated carbocycles.